The molecule has 1 aliphatic rings. The number of anilines is 1. The maximum Gasteiger partial charge on any atom is 0.326 e. The van der Waals surface area contributed by atoms with Crippen LogP contribution in [0.15, 0.2) is 83.0 Å². The van der Waals surface area contributed by atoms with Crippen LogP contribution in [0.1, 0.15) is 61.9 Å². The fraction of sp³-hybridized carbons (Fsp3) is 0.258. The first-order valence-corrected chi connectivity index (χ1v) is 12.9. The lowest BCUT2D eigenvalue weighted by Gasteiger charge is -2.35. The molecule has 0 aliphatic carbocycles. The van der Waals surface area contributed by atoms with Crippen LogP contribution in [0, 0.1) is 0 Å². The molecule has 0 saturated carbocycles. The third-order valence-corrected chi connectivity index (χ3v) is 7.06. The normalized spacial score (nSPS) is 15.7. The molecule has 188 valence electrons. The summed E-state index contributed by atoms with van der Waals surface area (Å²) in [4.78, 5) is 20.0. The molecule has 1 aromatic heterocycles. The van der Waals surface area contributed by atoms with Crippen LogP contribution in [-0.4, -0.2) is 16.2 Å². The molecule has 1 atom stereocenters. The Morgan fingerprint density at radius 2 is 1.51 bits per heavy atom. The van der Waals surface area contributed by atoms with E-state index >= 15 is 0 Å². The molecule has 6 nitrogen and oxygen atoms in total. The van der Waals surface area contributed by atoms with E-state index < -0.39 is 6.04 Å². The van der Waals surface area contributed by atoms with Crippen molar-refractivity contribution in [3.63, 3.8) is 0 Å². The molecule has 0 fully saturated rings. The van der Waals surface area contributed by atoms with Crippen LogP contribution in [-0.2, 0) is 19.3 Å². The van der Waals surface area contributed by atoms with Crippen molar-refractivity contribution in [3.8, 4) is 11.4 Å². The predicted molar refractivity (Wildman–Crippen MR) is 147 cm³/mol. The maximum atomic E-state index is 13.5. The summed E-state index contributed by atoms with van der Waals surface area (Å²) < 4.78 is 5.85. The molecule has 0 spiro atoms. The Balaban J connectivity index is 1.62. The second kappa shape index (κ2) is 10.4. The molecule has 2 heterocycles. The topological polar surface area (TPSA) is 71.3 Å². The summed E-state index contributed by atoms with van der Waals surface area (Å²) in [5.74, 6) is 0.919. The van der Waals surface area contributed by atoms with Crippen LogP contribution in [0.25, 0.3) is 17.0 Å². The number of allylic oxidation sites excluding steroid dienone is 1. The molecule has 0 saturated heterocycles. The minimum absolute atomic E-state index is 0.186. The smallest absolute Gasteiger partial charge is 0.326 e. The number of hydrogen-bond donors (Lipinski definition) is 1. The predicted octanol–water partition coefficient (Wildman–Crippen LogP) is 7.13. The van der Waals surface area contributed by atoms with E-state index in [0.717, 1.165) is 52.9 Å². The van der Waals surface area contributed by atoms with Gasteiger partial charge in [-0.25, -0.2) is 4.79 Å². The molecule has 5 rings (SSSR count). The van der Waals surface area contributed by atoms with Gasteiger partial charge in [-0.1, -0.05) is 86.6 Å². The number of aryl methyl sites for hydroxylation is 3. The van der Waals surface area contributed by atoms with Gasteiger partial charge in [0.15, 0.2) is 0 Å². The van der Waals surface area contributed by atoms with Gasteiger partial charge in [-0.3, -0.25) is 4.90 Å². The van der Waals surface area contributed by atoms with Gasteiger partial charge in [0.25, 0.3) is 5.89 Å². The lowest BCUT2D eigenvalue weighted by atomic mass is 9.93. The highest BCUT2D eigenvalue weighted by molar-refractivity contribution is 6.01. The molecule has 0 bridgehead atoms. The Hall–Kier alpha value is -4.19. The van der Waals surface area contributed by atoms with Gasteiger partial charge in [-0.05, 0) is 60.6 Å². The molecule has 37 heavy (non-hydrogen) atoms. The zero-order valence-electron chi connectivity index (χ0n) is 21.8. The van der Waals surface area contributed by atoms with Crippen LogP contribution in [0.4, 0.5) is 10.5 Å². The highest BCUT2D eigenvalue weighted by Crippen LogP contribution is 2.39. The Labute approximate surface area is 218 Å². The monoisotopic (exact) mass is 492 g/mol. The molecule has 2 amide bonds. The molecular formula is C31H32N4O2. The van der Waals surface area contributed by atoms with Crippen molar-refractivity contribution in [2.24, 2.45) is 0 Å². The largest absolute Gasteiger partial charge is 0.334 e. The van der Waals surface area contributed by atoms with E-state index in [0.29, 0.717) is 11.7 Å². The van der Waals surface area contributed by atoms with Crippen LogP contribution in [0.5, 0.6) is 0 Å². The summed E-state index contributed by atoms with van der Waals surface area (Å²) in [6, 6.07) is 23.9. The first-order chi connectivity index (χ1) is 18.0. The number of benzene rings is 3. The molecule has 3 aromatic carbocycles. The van der Waals surface area contributed by atoms with Crippen molar-refractivity contribution in [2.75, 3.05) is 4.90 Å². The summed E-state index contributed by atoms with van der Waals surface area (Å²) in [6.45, 7) is 8.30. The molecule has 4 aromatic rings. The summed E-state index contributed by atoms with van der Waals surface area (Å²) in [5, 5.41) is 7.50. The zero-order valence-corrected chi connectivity index (χ0v) is 21.8. The Morgan fingerprint density at radius 3 is 2.16 bits per heavy atom. The Bertz CT molecular complexity index is 1430. The Kier molecular flexibility index (Phi) is 6.91. The highest BCUT2D eigenvalue weighted by Gasteiger charge is 2.36. The lowest BCUT2D eigenvalue weighted by Crippen LogP contribution is -2.46. The summed E-state index contributed by atoms with van der Waals surface area (Å²) in [5.41, 5.74) is 7.86. The average Bonchev–Trinajstić information content (AvgIpc) is 3.42. The SMILES string of the molecule is CCc1ccc(-c2noc(C3=C(C)N(c4cccc(CC)c4)C(=O)NC3c3ccc(CC)cc3)n2)cc1. The quantitative estimate of drug-likeness (QED) is 0.298. The van der Waals surface area contributed by atoms with Crippen molar-refractivity contribution in [2.45, 2.75) is 53.0 Å². The van der Waals surface area contributed by atoms with E-state index in [4.69, 9.17) is 9.51 Å². The van der Waals surface area contributed by atoms with Crippen molar-refractivity contribution in [3.05, 3.63) is 107 Å². The van der Waals surface area contributed by atoms with Crippen LogP contribution in [0.3, 0.4) is 0 Å². The number of carbonyl (C=O) groups is 1. The van der Waals surface area contributed by atoms with Crippen molar-refractivity contribution >= 4 is 17.3 Å². The molecule has 1 N–H and O–H groups in total. The van der Waals surface area contributed by atoms with Gasteiger partial charge in [0.05, 0.1) is 17.3 Å². The van der Waals surface area contributed by atoms with Gasteiger partial charge in [0, 0.05) is 11.3 Å². The van der Waals surface area contributed by atoms with Crippen LogP contribution in [0.2, 0.25) is 0 Å². The van der Waals surface area contributed by atoms with Gasteiger partial charge in [0.1, 0.15) is 0 Å². The van der Waals surface area contributed by atoms with Crippen molar-refractivity contribution < 1.29 is 9.32 Å². The number of aromatic nitrogens is 2. The minimum Gasteiger partial charge on any atom is -0.334 e. The zero-order chi connectivity index (χ0) is 25.9. The summed E-state index contributed by atoms with van der Waals surface area (Å²) in [6.07, 6.45) is 2.80. The van der Waals surface area contributed by atoms with E-state index in [1.807, 2.05) is 37.3 Å². The number of hydrogen-bond acceptors (Lipinski definition) is 4. The third kappa shape index (κ3) is 4.79. The highest BCUT2D eigenvalue weighted by atomic mass is 16.5. The lowest BCUT2D eigenvalue weighted by molar-refractivity contribution is 0.244. The number of amides is 2. The molecule has 1 aliphatic heterocycles. The number of rotatable bonds is 7. The van der Waals surface area contributed by atoms with Gasteiger partial charge in [-0.2, -0.15) is 4.98 Å². The molecule has 6 heteroatoms. The van der Waals surface area contributed by atoms with E-state index in [2.05, 4.69) is 73.7 Å². The standard InChI is InChI=1S/C31H32N4O2/c1-5-21-11-15-24(16-12-21)28-27(30-33-29(34-37-30)25-17-13-22(6-2)14-18-25)20(4)35(31(36)32-28)26-10-8-9-23(7-3)19-26/h8-19,28H,5-7H2,1-4H3,(H,32,36). The van der Waals surface area contributed by atoms with Crippen molar-refractivity contribution in [1.82, 2.24) is 15.5 Å². The Morgan fingerprint density at radius 1 is 0.865 bits per heavy atom. The van der Waals surface area contributed by atoms with E-state index in [1.165, 1.54) is 11.1 Å². The fourth-order valence-electron chi connectivity index (χ4n) is 4.78. The van der Waals surface area contributed by atoms with E-state index in [1.54, 1.807) is 4.90 Å². The first-order valence-electron chi connectivity index (χ1n) is 12.9. The maximum absolute atomic E-state index is 13.5. The fourth-order valence-corrected chi connectivity index (χ4v) is 4.78. The minimum atomic E-state index is -0.417. The number of nitrogens with one attached hydrogen (secondary N) is 1. The number of nitrogens with zero attached hydrogens (tertiary/aromatic N) is 3. The summed E-state index contributed by atoms with van der Waals surface area (Å²) >= 11 is 0. The van der Waals surface area contributed by atoms with Crippen LogP contribution < -0.4 is 10.2 Å². The number of carbonyl (C=O) groups excluding carboxylic acids is 1. The average molecular weight is 493 g/mol. The van der Waals surface area contributed by atoms with Gasteiger partial charge in [0.2, 0.25) is 5.82 Å². The second-order valence-corrected chi connectivity index (χ2v) is 9.31. The van der Waals surface area contributed by atoms with Gasteiger partial charge in [-0.15, -0.1) is 0 Å². The summed E-state index contributed by atoms with van der Waals surface area (Å²) in [7, 11) is 0. The van der Waals surface area contributed by atoms with Gasteiger partial charge < -0.3 is 9.84 Å². The van der Waals surface area contributed by atoms with E-state index in [-0.39, 0.29) is 6.03 Å². The molecule has 1 unspecified atom stereocenters. The second-order valence-electron chi connectivity index (χ2n) is 9.31. The third-order valence-electron chi connectivity index (χ3n) is 7.06. The first kappa shape index (κ1) is 24.5. The van der Waals surface area contributed by atoms with E-state index in [9.17, 15) is 4.79 Å². The molecular weight excluding hydrogens is 460 g/mol. The van der Waals surface area contributed by atoms with Crippen molar-refractivity contribution in [1.29, 1.82) is 0 Å². The van der Waals surface area contributed by atoms with Gasteiger partial charge >= 0.3 is 6.03 Å². The van der Waals surface area contributed by atoms with Crippen LogP contribution >= 0.6 is 0 Å². The molecule has 0 radical (unpaired) electrons. The number of urea groups is 1.